The monoisotopic (exact) mass is 215 g/mol. The quantitative estimate of drug-likeness (QED) is 0.635. The number of hydrogen-bond acceptors (Lipinski definition) is 4. The van der Waals surface area contributed by atoms with Crippen molar-refractivity contribution in [1.29, 1.82) is 0 Å². The molecule has 0 bridgehead atoms. The van der Waals surface area contributed by atoms with Gasteiger partial charge in [-0.3, -0.25) is 4.79 Å². The summed E-state index contributed by atoms with van der Waals surface area (Å²) < 4.78 is 4.71. The molecule has 0 saturated heterocycles. The van der Waals surface area contributed by atoms with Crippen LogP contribution in [-0.2, 0) is 9.53 Å². The van der Waals surface area contributed by atoms with Crippen LogP contribution < -0.4 is 5.32 Å². The Labute approximate surface area is 91.0 Å². The summed E-state index contributed by atoms with van der Waals surface area (Å²) in [7, 11) is 1.40. The molecule has 1 aliphatic rings. The van der Waals surface area contributed by atoms with Crippen molar-refractivity contribution in [3.8, 4) is 0 Å². The minimum absolute atomic E-state index is 0.0895. The lowest BCUT2D eigenvalue weighted by molar-refractivity contribution is -0.150. The van der Waals surface area contributed by atoms with Crippen molar-refractivity contribution in [2.24, 2.45) is 10.8 Å². The van der Waals surface area contributed by atoms with Gasteiger partial charge in [0.1, 0.15) is 0 Å². The predicted molar refractivity (Wildman–Crippen MR) is 57.4 cm³/mol. The van der Waals surface area contributed by atoms with Gasteiger partial charge < -0.3 is 15.2 Å². The summed E-state index contributed by atoms with van der Waals surface area (Å²) >= 11 is 0. The van der Waals surface area contributed by atoms with Crippen LogP contribution in [0.3, 0.4) is 0 Å². The van der Waals surface area contributed by atoms with E-state index in [9.17, 15) is 4.79 Å². The van der Waals surface area contributed by atoms with Crippen LogP contribution in [-0.4, -0.2) is 37.9 Å². The minimum atomic E-state index is -0.500. The van der Waals surface area contributed by atoms with E-state index in [2.05, 4.69) is 5.32 Å². The van der Waals surface area contributed by atoms with Crippen molar-refractivity contribution in [1.82, 2.24) is 5.32 Å². The number of nitrogens with one attached hydrogen (secondary N) is 1. The van der Waals surface area contributed by atoms with E-state index in [0.717, 1.165) is 19.4 Å². The highest BCUT2D eigenvalue weighted by molar-refractivity contribution is 5.76. The summed E-state index contributed by atoms with van der Waals surface area (Å²) in [5.74, 6) is -0.205. The Balaban J connectivity index is 2.27. The molecule has 0 spiro atoms. The van der Waals surface area contributed by atoms with Crippen LogP contribution in [0.1, 0.15) is 26.7 Å². The Morgan fingerprint density at radius 2 is 2.13 bits per heavy atom. The van der Waals surface area contributed by atoms with Crippen LogP contribution in [0.5, 0.6) is 0 Å². The van der Waals surface area contributed by atoms with E-state index in [4.69, 9.17) is 9.84 Å². The average molecular weight is 215 g/mol. The molecule has 4 nitrogen and oxygen atoms in total. The Bertz CT molecular complexity index is 234. The normalized spacial score (nSPS) is 18.7. The maximum absolute atomic E-state index is 11.4. The highest BCUT2D eigenvalue weighted by Crippen LogP contribution is 2.44. The number of rotatable bonds is 6. The van der Waals surface area contributed by atoms with Gasteiger partial charge >= 0.3 is 5.97 Å². The lowest BCUT2D eigenvalue weighted by Gasteiger charge is -2.23. The number of aliphatic hydroxyl groups excluding tert-OH is 1. The third-order valence-corrected chi connectivity index (χ3v) is 3.10. The Morgan fingerprint density at radius 1 is 1.53 bits per heavy atom. The zero-order chi connectivity index (χ0) is 11.5. The van der Waals surface area contributed by atoms with Gasteiger partial charge in [-0.2, -0.15) is 0 Å². The summed E-state index contributed by atoms with van der Waals surface area (Å²) in [6.07, 6.45) is 2.16. The van der Waals surface area contributed by atoms with Crippen LogP contribution in [0.4, 0.5) is 0 Å². The fourth-order valence-corrected chi connectivity index (χ4v) is 1.56. The first-order valence-electron chi connectivity index (χ1n) is 5.36. The van der Waals surface area contributed by atoms with Gasteiger partial charge in [-0.1, -0.05) is 0 Å². The van der Waals surface area contributed by atoms with Gasteiger partial charge in [0.2, 0.25) is 0 Å². The van der Waals surface area contributed by atoms with Gasteiger partial charge in [0, 0.05) is 25.1 Å². The van der Waals surface area contributed by atoms with Gasteiger partial charge in [-0.05, 0) is 26.7 Å². The van der Waals surface area contributed by atoms with E-state index in [1.54, 1.807) is 0 Å². The third-order valence-electron chi connectivity index (χ3n) is 3.10. The second kappa shape index (κ2) is 4.49. The molecule has 0 radical (unpaired) electrons. The SMILES string of the molecule is COC(=O)C(C)(C)CNCC1(CO)CC1. The molecule has 0 aromatic carbocycles. The summed E-state index contributed by atoms with van der Waals surface area (Å²) in [6, 6.07) is 0. The fourth-order valence-electron chi connectivity index (χ4n) is 1.56. The number of aliphatic hydroxyl groups is 1. The number of carbonyl (C=O) groups excluding carboxylic acids is 1. The van der Waals surface area contributed by atoms with Crippen molar-refractivity contribution >= 4 is 5.97 Å². The molecule has 4 heteroatoms. The summed E-state index contributed by atoms with van der Waals surface area (Å²) in [4.78, 5) is 11.4. The van der Waals surface area contributed by atoms with Gasteiger partial charge in [0.25, 0.3) is 0 Å². The van der Waals surface area contributed by atoms with Crippen molar-refractivity contribution in [3.05, 3.63) is 0 Å². The van der Waals surface area contributed by atoms with E-state index in [-0.39, 0.29) is 18.0 Å². The fraction of sp³-hybridized carbons (Fsp3) is 0.909. The lowest BCUT2D eigenvalue weighted by atomic mass is 9.93. The molecule has 0 atom stereocenters. The van der Waals surface area contributed by atoms with E-state index in [1.165, 1.54) is 7.11 Å². The molecule has 0 heterocycles. The average Bonchev–Trinajstić information content (AvgIpc) is 2.97. The Hall–Kier alpha value is -0.610. The lowest BCUT2D eigenvalue weighted by Crippen LogP contribution is -2.39. The van der Waals surface area contributed by atoms with Crippen LogP contribution >= 0.6 is 0 Å². The predicted octanol–water partition coefficient (Wildman–Crippen LogP) is 0.548. The standard InChI is InChI=1S/C11H21NO3/c1-10(2,9(14)15-3)6-12-7-11(8-13)4-5-11/h12-13H,4-8H2,1-3H3. The molecule has 0 aliphatic heterocycles. The van der Waals surface area contributed by atoms with Gasteiger partial charge in [-0.25, -0.2) is 0 Å². The molecule has 1 rings (SSSR count). The maximum Gasteiger partial charge on any atom is 0.312 e. The molecular weight excluding hydrogens is 194 g/mol. The maximum atomic E-state index is 11.4. The van der Waals surface area contributed by atoms with Crippen LogP contribution in [0.2, 0.25) is 0 Å². The van der Waals surface area contributed by atoms with Gasteiger partial charge in [0.05, 0.1) is 12.5 Å². The van der Waals surface area contributed by atoms with E-state index < -0.39 is 5.41 Å². The highest BCUT2D eigenvalue weighted by Gasteiger charge is 2.42. The zero-order valence-electron chi connectivity index (χ0n) is 9.80. The van der Waals surface area contributed by atoms with Crippen molar-refractivity contribution in [2.75, 3.05) is 26.8 Å². The molecule has 15 heavy (non-hydrogen) atoms. The summed E-state index contributed by atoms with van der Waals surface area (Å²) in [6.45, 7) is 5.30. The zero-order valence-corrected chi connectivity index (χ0v) is 9.80. The van der Waals surface area contributed by atoms with Crippen molar-refractivity contribution in [2.45, 2.75) is 26.7 Å². The number of hydrogen-bond donors (Lipinski definition) is 2. The number of carbonyl (C=O) groups is 1. The molecule has 0 aromatic rings. The van der Waals surface area contributed by atoms with Crippen molar-refractivity contribution in [3.63, 3.8) is 0 Å². The first kappa shape index (κ1) is 12.5. The first-order chi connectivity index (χ1) is 6.96. The number of methoxy groups -OCH3 is 1. The number of esters is 1. The van der Waals surface area contributed by atoms with Crippen LogP contribution in [0.15, 0.2) is 0 Å². The first-order valence-corrected chi connectivity index (χ1v) is 5.36. The smallest absolute Gasteiger partial charge is 0.312 e. The topological polar surface area (TPSA) is 58.6 Å². The second-order valence-corrected chi connectivity index (χ2v) is 5.14. The Morgan fingerprint density at radius 3 is 2.53 bits per heavy atom. The molecule has 2 N–H and O–H groups in total. The highest BCUT2D eigenvalue weighted by atomic mass is 16.5. The van der Waals surface area contributed by atoms with Crippen LogP contribution in [0, 0.1) is 10.8 Å². The molecule has 1 aliphatic carbocycles. The molecule has 88 valence electrons. The molecular formula is C11H21NO3. The van der Waals surface area contributed by atoms with Crippen LogP contribution in [0.25, 0.3) is 0 Å². The molecule has 1 saturated carbocycles. The molecule has 0 amide bonds. The molecule has 0 unspecified atom stereocenters. The summed E-state index contributed by atoms with van der Waals surface area (Å²) in [5.41, 5.74) is -0.410. The van der Waals surface area contributed by atoms with Gasteiger partial charge in [0.15, 0.2) is 0 Å². The second-order valence-electron chi connectivity index (χ2n) is 5.14. The summed E-state index contributed by atoms with van der Waals surface area (Å²) in [5, 5.41) is 12.3. The van der Waals surface area contributed by atoms with E-state index in [0.29, 0.717) is 6.54 Å². The number of ether oxygens (including phenoxy) is 1. The van der Waals surface area contributed by atoms with E-state index in [1.807, 2.05) is 13.8 Å². The third kappa shape index (κ3) is 3.18. The van der Waals surface area contributed by atoms with Crippen molar-refractivity contribution < 1.29 is 14.6 Å². The minimum Gasteiger partial charge on any atom is -0.469 e. The van der Waals surface area contributed by atoms with Gasteiger partial charge in [-0.15, -0.1) is 0 Å². The molecule has 1 fully saturated rings. The Kier molecular flexibility index (Phi) is 3.73. The molecule has 0 aromatic heterocycles. The largest absolute Gasteiger partial charge is 0.469 e. The van der Waals surface area contributed by atoms with E-state index >= 15 is 0 Å².